The molecule has 1 amide bonds. The molecule has 0 radical (unpaired) electrons. The molecule has 0 saturated heterocycles. The first kappa shape index (κ1) is 54.8. The maximum atomic E-state index is 12.8. The number of allylic oxidation sites excluding steroid dienone is 12. The van der Waals surface area contributed by atoms with Crippen molar-refractivity contribution in [2.45, 2.75) is 225 Å². The van der Waals surface area contributed by atoms with Crippen molar-refractivity contribution in [1.29, 1.82) is 0 Å². The van der Waals surface area contributed by atoms with Gasteiger partial charge in [0.2, 0.25) is 5.91 Å². The Balaban J connectivity index is 4.30. The largest absolute Gasteiger partial charge is 0.480 e. The van der Waals surface area contributed by atoms with Crippen LogP contribution in [0.3, 0.4) is 0 Å². The molecular weight excluding hydrogens is 721 g/mol. The first-order chi connectivity index (χ1) is 28.4. The van der Waals surface area contributed by atoms with Gasteiger partial charge in [0, 0.05) is 12.8 Å². The van der Waals surface area contributed by atoms with E-state index in [9.17, 15) is 19.5 Å². The van der Waals surface area contributed by atoms with Gasteiger partial charge < -0.3 is 20.9 Å². The molecule has 4 N–H and O–H groups in total. The van der Waals surface area contributed by atoms with Crippen molar-refractivity contribution < 1.29 is 24.2 Å². The van der Waals surface area contributed by atoms with Gasteiger partial charge in [-0.05, 0) is 122 Å². The Hall–Kier alpha value is -3.19. The Morgan fingerprint density at radius 2 is 0.966 bits per heavy atom. The zero-order chi connectivity index (χ0) is 42.4. The van der Waals surface area contributed by atoms with Crippen LogP contribution in [-0.4, -0.2) is 41.6 Å². The van der Waals surface area contributed by atoms with E-state index in [1.54, 1.807) is 0 Å². The number of nitrogens with two attached hydrogens (primary N) is 1. The summed E-state index contributed by atoms with van der Waals surface area (Å²) in [6, 6.07) is -0.864. The fourth-order valence-electron chi connectivity index (χ4n) is 6.71. The van der Waals surface area contributed by atoms with Gasteiger partial charge in [-0.1, -0.05) is 157 Å². The lowest BCUT2D eigenvalue weighted by atomic mass is 10.0. The summed E-state index contributed by atoms with van der Waals surface area (Å²) in [5.74, 6) is -1.27. The molecule has 0 saturated carbocycles. The quantitative estimate of drug-likeness (QED) is 0.0321. The molecule has 0 aromatic heterocycles. The minimum atomic E-state index is -1.01. The Morgan fingerprint density at radius 1 is 0.517 bits per heavy atom. The van der Waals surface area contributed by atoms with Gasteiger partial charge >= 0.3 is 11.9 Å². The van der Waals surface area contributed by atoms with E-state index in [0.717, 1.165) is 103 Å². The second-order valence-corrected chi connectivity index (χ2v) is 15.8. The number of hydrogen-bond donors (Lipinski definition) is 3. The summed E-state index contributed by atoms with van der Waals surface area (Å²) < 4.78 is 6.03. The number of carbonyl (C=O) groups excluding carboxylic acids is 2. The van der Waals surface area contributed by atoms with E-state index in [2.05, 4.69) is 92.1 Å². The second kappa shape index (κ2) is 44.9. The SMILES string of the molecule is CC/C=C\C/C=C\C/C=C\C/C=C\CCCCCCCCCCC(=O)OC(CCC/C=C\C/C=C\CCCCC)CCCCCCCC(=O)NC(CCCN)C(=O)O. The average Bonchev–Trinajstić information content (AvgIpc) is 3.21. The number of carboxylic acids is 1. The fraction of sp³-hybridized carbons (Fsp3) is 0.706. The summed E-state index contributed by atoms with van der Waals surface area (Å²) in [6.07, 6.45) is 58.1. The third kappa shape index (κ3) is 41.0. The van der Waals surface area contributed by atoms with Crippen LogP contribution < -0.4 is 11.1 Å². The van der Waals surface area contributed by atoms with Crippen LogP contribution in [0.25, 0.3) is 0 Å². The monoisotopic (exact) mass is 809 g/mol. The van der Waals surface area contributed by atoms with E-state index >= 15 is 0 Å². The maximum absolute atomic E-state index is 12.8. The number of esters is 1. The highest BCUT2D eigenvalue weighted by Crippen LogP contribution is 2.18. The highest BCUT2D eigenvalue weighted by molar-refractivity contribution is 5.83. The molecule has 0 spiro atoms. The molecule has 58 heavy (non-hydrogen) atoms. The van der Waals surface area contributed by atoms with Crippen LogP contribution in [0.1, 0.15) is 213 Å². The van der Waals surface area contributed by atoms with E-state index in [1.807, 2.05) is 0 Å². The standard InChI is InChI=1S/C51H88N2O5/c1-3-5-7-9-11-13-15-16-17-18-19-20-21-22-23-24-26-28-30-35-39-45-50(55)58-47(41-36-32-29-27-25-14-12-10-8-6-4-2)42-37-33-31-34-38-44-49(54)53-48(51(56)57)43-40-46-52/h5,7,11-14,16-17,19-20,27,29,47-48H,3-4,6,8-10,15,18,21-26,28,30-46,52H2,1-2H3,(H,53,54)(H,56,57)/b7-5-,13-11-,14-12-,17-16-,20-19-,29-27-. The molecule has 0 aromatic rings. The van der Waals surface area contributed by atoms with Crippen LogP contribution in [-0.2, 0) is 19.1 Å². The van der Waals surface area contributed by atoms with Crippen LogP contribution in [0.5, 0.6) is 0 Å². The number of carbonyl (C=O) groups is 3. The zero-order valence-electron chi connectivity index (χ0n) is 37.4. The summed E-state index contributed by atoms with van der Waals surface area (Å²) in [4.78, 5) is 36.4. The number of unbranched alkanes of at least 4 members (excludes halogenated alkanes) is 16. The maximum Gasteiger partial charge on any atom is 0.326 e. The highest BCUT2D eigenvalue weighted by atomic mass is 16.5. The van der Waals surface area contributed by atoms with Gasteiger partial charge in [-0.25, -0.2) is 4.79 Å². The molecule has 0 aliphatic heterocycles. The van der Waals surface area contributed by atoms with Gasteiger partial charge in [-0.2, -0.15) is 0 Å². The summed E-state index contributed by atoms with van der Waals surface area (Å²) in [5, 5.41) is 11.9. The molecule has 0 aliphatic carbocycles. The summed E-state index contributed by atoms with van der Waals surface area (Å²) in [7, 11) is 0. The lowest BCUT2D eigenvalue weighted by Crippen LogP contribution is -2.40. The third-order valence-electron chi connectivity index (χ3n) is 10.3. The Bertz CT molecular complexity index is 1140. The van der Waals surface area contributed by atoms with Gasteiger partial charge in [-0.3, -0.25) is 9.59 Å². The number of nitrogens with one attached hydrogen (secondary N) is 1. The average molecular weight is 809 g/mol. The van der Waals surface area contributed by atoms with E-state index in [1.165, 1.54) is 70.6 Å². The molecule has 7 heteroatoms. The molecule has 0 aromatic carbocycles. The number of ether oxygens (including phenoxy) is 1. The van der Waals surface area contributed by atoms with Crippen LogP contribution >= 0.6 is 0 Å². The van der Waals surface area contributed by atoms with Crippen molar-refractivity contribution in [2.75, 3.05) is 6.54 Å². The van der Waals surface area contributed by atoms with Crippen molar-refractivity contribution in [2.24, 2.45) is 5.73 Å². The van der Waals surface area contributed by atoms with Crippen LogP contribution in [0.4, 0.5) is 0 Å². The molecule has 0 aliphatic rings. The van der Waals surface area contributed by atoms with Crippen molar-refractivity contribution >= 4 is 17.8 Å². The summed E-state index contributed by atoms with van der Waals surface area (Å²) in [5.41, 5.74) is 5.49. The second-order valence-electron chi connectivity index (χ2n) is 15.8. The smallest absolute Gasteiger partial charge is 0.326 e. The lowest BCUT2D eigenvalue weighted by Gasteiger charge is -2.18. The normalized spacial score (nSPS) is 13.3. The number of rotatable bonds is 42. The number of hydrogen-bond acceptors (Lipinski definition) is 5. The molecule has 0 rings (SSSR count). The van der Waals surface area contributed by atoms with Crippen molar-refractivity contribution in [1.82, 2.24) is 5.32 Å². The molecule has 2 unspecified atom stereocenters. The molecule has 0 fully saturated rings. The zero-order valence-corrected chi connectivity index (χ0v) is 37.4. The lowest BCUT2D eigenvalue weighted by molar-refractivity contribution is -0.150. The van der Waals surface area contributed by atoms with Crippen LogP contribution in [0, 0.1) is 0 Å². The van der Waals surface area contributed by atoms with Crippen molar-refractivity contribution in [3.8, 4) is 0 Å². The highest BCUT2D eigenvalue weighted by Gasteiger charge is 2.19. The van der Waals surface area contributed by atoms with Crippen molar-refractivity contribution in [3.63, 3.8) is 0 Å². The minimum absolute atomic E-state index is 0.0386. The molecule has 0 heterocycles. The molecule has 7 nitrogen and oxygen atoms in total. The van der Waals surface area contributed by atoms with Gasteiger partial charge in [0.25, 0.3) is 0 Å². The van der Waals surface area contributed by atoms with Gasteiger partial charge in [0.05, 0.1) is 0 Å². The predicted molar refractivity (Wildman–Crippen MR) is 248 cm³/mol. The van der Waals surface area contributed by atoms with E-state index in [-0.39, 0.29) is 18.0 Å². The van der Waals surface area contributed by atoms with Crippen molar-refractivity contribution in [3.05, 3.63) is 72.9 Å². The third-order valence-corrected chi connectivity index (χ3v) is 10.3. The van der Waals surface area contributed by atoms with E-state index < -0.39 is 12.0 Å². The minimum Gasteiger partial charge on any atom is -0.480 e. The summed E-state index contributed by atoms with van der Waals surface area (Å²) >= 11 is 0. The topological polar surface area (TPSA) is 119 Å². The molecule has 332 valence electrons. The summed E-state index contributed by atoms with van der Waals surface area (Å²) in [6.45, 7) is 4.80. The first-order valence-corrected chi connectivity index (χ1v) is 23.8. The number of carboxylic acid groups (broad SMARTS) is 1. The molecular formula is C51H88N2O5. The van der Waals surface area contributed by atoms with E-state index in [0.29, 0.717) is 32.2 Å². The van der Waals surface area contributed by atoms with E-state index in [4.69, 9.17) is 10.5 Å². The first-order valence-electron chi connectivity index (χ1n) is 23.8. The Kier molecular flexibility index (Phi) is 42.4. The van der Waals surface area contributed by atoms with Gasteiger partial charge in [-0.15, -0.1) is 0 Å². The Labute approximate surface area is 356 Å². The predicted octanol–water partition coefficient (Wildman–Crippen LogP) is 13.9. The van der Waals surface area contributed by atoms with Gasteiger partial charge in [0.1, 0.15) is 12.1 Å². The number of aliphatic carboxylic acids is 1. The van der Waals surface area contributed by atoms with Crippen LogP contribution in [0.2, 0.25) is 0 Å². The van der Waals surface area contributed by atoms with Crippen LogP contribution in [0.15, 0.2) is 72.9 Å². The number of amides is 1. The van der Waals surface area contributed by atoms with Gasteiger partial charge in [0.15, 0.2) is 0 Å². The molecule has 2 atom stereocenters. The fourth-order valence-corrected chi connectivity index (χ4v) is 6.71. The molecule has 0 bridgehead atoms. The Morgan fingerprint density at radius 3 is 1.50 bits per heavy atom.